The number of ether oxygens (including phenoxy) is 1. The third-order valence-electron chi connectivity index (χ3n) is 3.74. The van der Waals surface area contributed by atoms with Gasteiger partial charge >= 0.3 is 0 Å². The summed E-state index contributed by atoms with van der Waals surface area (Å²) in [7, 11) is 1.73. The highest BCUT2D eigenvalue weighted by molar-refractivity contribution is 14.1. The van der Waals surface area contributed by atoms with Crippen LogP contribution in [0.5, 0.6) is 5.75 Å². The molecule has 0 saturated heterocycles. The van der Waals surface area contributed by atoms with Gasteiger partial charge in [0, 0.05) is 21.2 Å². The smallest absolute Gasteiger partial charge is 0.123 e. The summed E-state index contributed by atoms with van der Waals surface area (Å²) >= 11 is 2.33. The predicted octanol–water partition coefficient (Wildman–Crippen LogP) is 5.10. The van der Waals surface area contributed by atoms with Gasteiger partial charge in [0.25, 0.3) is 0 Å². The fourth-order valence-corrected chi connectivity index (χ4v) is 2.89. The molecule has 2 unspecified atom stereocenters. The number of rotatable bonds is 6. The van der Waals surface area contributed by atoms with Gasteiger partial charge in [-0.1, -0.05) is 37.3 Å². The number of methoxy groups -OCH3 is 1. The molecule has 0 amide bonds. The van der Waals surface area contributed by atoms with E-state index in [0.29, 0.717) is 6.04 Å². The van der Waals surface area contributed by atoms with Gasteiger partial charge in [-0.15, -0.1) is 0 Å². The first-order valence-electron chi connectivity index (χ1n) is 7.30. The largest absolute Gasteiger partial charge is 0.496 e. The summed E-state index contributed by atoms with van der Waals surface area (Å²) in [6, 6.07) is 17.5. The second-order valence-electron chi connectivity index (χ2n) is 5.14. The summed E-state index contributed by atoms with van der Waals surface area (Å²) in [5, 5.41) is 3.71. The molecular formula is C18H22INO. The predicted molar refractivity (Wildman–Crippen MR) is 96.7 cm³/mol. The Hall–Kier alpha value is -1.07. The highest BCUT2D eigenvalue weighted by atomic mass is 127. The summed E-state index contributed by atoms with van der Waals surface area (Å²) in [5.74, 6) is 0.951. The van der Waals surface area contributed by atoms with E-state index in [4.69, 9.17) is 4.74 Å². The van der Waals surface area contributed by atoms with Crippen molar-refractivity contribution in [2.24, 2.45) is 0 Å². The molecule has 21 heavy (non-hydrogen) atoms. The van der Waals surface area contributed by atoms with Crippen LogP contribution < -0.4 is 10.1 Å². The van der Waals surface area contributed by atoms with E-state index in [1.807, 2.05) is 12.1 Å². The van der Waals surface area contributed by atoms with Gasteiger partial charge in [0.05, 0.1) is 7.11 Å². The standard InChI is InChI=1S/C18H22INO/c1-4-17(16-7-5-6-8-18(16)21-3)20-13(2)14-9-11-15(19)12-10-14/h5-13,17,20H,4H2,1-3H3. The molecule has 0 fully saturated rings. The Morgan fingerprint density at radius 1 is 1.10 bits per heavy atom. The SMILES string of the molecule is CCC(NC(C)c1ccc(I)cc1)c1ccccc1OC. The molecule has 2 nitrogen and oxygen atoms in total. The Morgan fingerprint density at radius 3 is 2.38 bits per heavy atom. The molecule has 0 aliphatic carbocycles. The van der Waals surface area contributed by atoms with E-state index < -0.39 is 0 Å². The third-order valence-corrected chi connectivity index (χ3v) is 4.46. The number of halogens is 1. The van der Waals surface area contributed by atoms with Crippen molar-refractivity contribution in [2.45, 2.75) is 32.4 Å². The van der Waals surface area contributed by atoms with Crippen LogP contribution in [0, 0.1) is 3.57 Å². The van der Waals surface area contributed by atoms with Crippen LogP contribution in [0.15, 0.2) is 48.5 Å². The average molecular weight is 395 g/mol. The van der Waals surface area contributed by atoms with E-state index in [1.54, 1.807) is 7.11 Å². The first-order chi connectivity index (χ1) is 10.2. The Bertz CT molecular complexity index is 568. The van der Waals surface area contributed by atoms with Crippen LogP contribution >= 0.6 is 22.6 Å². The molecule has 0 aliphatic heterocycles. The Kier molecular flexibility index (Phi) is 6.06. The lowest BCUT2D eigenvalue weighted by Gasteiger charge is -2.24. The maximum absolute atomic E-state index is 5.49. The van der Waals surface area contributed by atoms with Gasteiger partial charge in [-0.25, -0.2) is 0 Å². The van der Waals surface area contributed by atoms with Gasteiger partial charge in [-0.05, 0) is 59.7 Å². The molecule has 0 aromatic heterocycles. The molecule has 2 aromatic carbocycles. The first-order valence-corrected chi connectivity index (χ1v) is 8.38. The monoisotopic (exact) mass is 395 g/mol. The number of nitrogens with one attached hydrogen (secondary N) is 1. The lowest BCUT2D eigenvalue weighted by atomic mass is 10.0. The highest BCUT2D eigenvalue weighted by Gasteiger charge is 2.16. The minimum atomic E-state index is 0.287. The number of hydrogen-bond donors (Lipinski definition) is 1. The van der Waals surface area contributed by atoms with E-state index in [2.05, 4.69) is 78.2 Å². The molecule has 0 spiro atoms. The van der Waals surface area contributed by atoms with Crippen molar-refractivity contribution in [3.63, 3.8) is 0 Å². The van der Waals surface area contributed by atoms with Crippen molar-refractivity contribution in [3.8, 4) is 5.75 Å². The molecule has 0 heterocycles. The molecule has 0 aliphatic rings. The normalized spacial score (nSPS) is 13.7. The van der Waals surface area contributed by atoms with Gasteiger partial charge in [0.2, 0.25) is 0 Å². The fraction of sp³-hybridized carbons (Fsp3) is 0.333. The van der Waals surface area contributed by atoms with Gasteiger partial charge < -0.3 is 10.1 Å². The lowest BCUT2D eigenvalue weighted by Crippen LogP contribution is -2.24. The second kappa shape index (κ2) is 7.80. The lowest BCUT2D eigenvalue weighted by molar-refractivity contribution is 0.388. The van der Waals surface area contributed by atoms with Crippen molar-refractivity contribution >= 4 is 22.6 Å². The van der Waals surface area contributed by atoms with Crippen LogP contribution in [-0.4, -0.2) is 7.11 Å². The van der Waals surface area contributed by atoms with Crippen molar-refractivity contribution in [1.82, 2.24) is 5.32 Å². The summed E-state index contributed by atoms with van der Waals surface area (Å²) < 4.78 is 6.75. The second-order valence-corrected chi connectivity index (χ2v) is 6.39. The first kappa shape index (κ1) is 16.3. The van der Waals surface area contributed by atoms with Crippen LogP contribution in [0.4, 0.5) is 0 Å². The molecule has 1 N–H and O–H groups in total. The number of hydrogen-bond acceptors (Lipinski definition) is 2. The van der Waals surface area contributed by atoms with Crippen molar-refractivity contribution < 1.29 is 4.74 Å². The summed E-state index contributed by atoms with van der Waals surface area (Å²) in [4.78, 5) is 0. The quantitative estimate of drug-likeness (QED) is 0.687. The molecule has 2 aromatic rings. The Balaban J connectivity index is 2.16. The molecule has 0 bridgehead atoms. The average Bonchev–Trinajstić information content (AvgIpc) is 2.53. The molecule has 0 radical (unpaired) electrons. The Labute approximate surface area is 141 Å². The molecule has 2 rings (SSSR count). The number of para-hydroxylation sites is 1. The van der Waals surface area contributed by atoms with Crippen LogP contribution in [0.1, 0.15) is 43.5 Å². The summed E-state index contributed by atoms with van der Waals surface area (Å²) in [5.41, 5.74) is 2.53. The maximum Gasteiger partial charge on any atom is 0.123 e. The zero-order valence-corrected chi connectivity index (χ0v) is 14.9. The van der Waals surface area contributed by atoms with E-state index in [-0.39, 0.29) is 6.04 Å². The van der Waals surface area contributed by atoms with Gasteiger partial charge in [-0.3, -0.25) is 0 Å². The van der Waals surface area contributed by atoms with E-state index in [1.165, 1.54) is 14.7 Å². The number of benzene rings is 2. The van der Waals surface area contributed by atoms with E-state index in [0.717, 1.165) is 12.2 Å². The molecular weight excluding hydrogens is 373 g/mol. The summed E-state index contributed by atoms with van der Waals surface area (Å²) in [6.07, 6.45) is 1.02. The molecule has 0 saturated carbocycles. The van der Waals surface area contributed by atoms with E-state index >= 15 is 0 Å². The summed E-state index contributed by atoms with van der Waals surface area (Å²) in [6.45, 7) is 4.41. The van der Waals surface area contributed by atoms with Crippen LogP contribution in [0.2, 0.25) is 0 Å². The molecule has 3 heteroatoms. The highest BCUT2D eigenvalue weighted by Crippen LogP contribution is 2.29. The van der Waals surface area contributed by atoms with Crippen LogP contribution in [0.25, 0.3) is 0 Å². The maximum atomic E-state index is 5.49. The minimum absolute atomic E-state index is 0.287. The minimum Gasteiger partial charge on any atom is -0.496 e. The Morgan fingerprint density at radius 2 is 1.76 bits per heavy atom. The topological polar surface area (TPSA) is 21.3 Å². The van der Waals surface area contributed by atoms with Crippen molar-refractivity contribution in [2.75, 3.05) is 7.11 Å². The van der Waals surface area contributed by atoms with Crippen LogP contribution in [0.3, 0.4) is 0 Å². The van der Waals surface area contributed by atoms with Gasteiger partial charge in [0.15, 0.2) is 0 Å². The fourth-order valence-electron chi connectivity index (χ4n) is 2.53. The third kappa shape index (κ3) is 4.20. The van der Waals surface area contributed by atoms with Crippen molar-refractivity contribution in [3.05, 3.63) is 63.2 Å². The zero-order chi connectivity index (χ0) is 15.2. The van der Waals surface area contributed by atoms with Gasteiger partial charge in [-0.2, -0.15) is 0 Å². The molecule has 112 valence electrons. The van der Waals surface area contributed by atoms with E-state index in [9.17, 15) is 0 Å². The van der Waals surface area contributed by atoms with Crippen LogP contribution in [-0.2, 0) is 0 Å². The zero-order valence-electron chi connectivity index (χ0n) is 12.8. The van der Waals surface area contributed by atoms with Gasteiger partial charge in [0.1, 0.15) is 5.75 Å². The molecule has 2 atom stereocenters. The van der Waals surface area contributed by atoms with Crippen molar-refractivity contribution in [1.29, 1.82) is 0 Å².